The summed E-state index contributed by atoms with van der Waals surface area (Å²) in [5.41, 5.74) is -0.660. The fourth-order valence-corrected chi connectivity index (χ4v) is 2.54. The average molecular weight is 255 g/mol. The number of hydrogen-bond acceptors (Lipinski definition) is 2. The molecule has 1 unspecified atom stereocenters. The molecule has 0 saturated heterocycles. The van der Waals surface area contributed by atoms with Crippen molar-refractivity contribution in [3.8, 4) is 0 Å². The molecule has 0 radical (unpaired) electrons. The van der Waals surface area contributed by atoms with Crippen molar-refractivity contribution >= 4 is 5.91 Å². The van der Waals surface area contributed by atoms with E-state index in [1.165, 1.54) is 0 Å². The SMILES string of the molecule is CCCCC(C)C(=O)NCC1(O)CCC(C)CC1. The van der Waals surface area contributed by atoms with Gasteiger partial charge < -0.3 is 10.4 Å². The summed E-state index contributed by atoms with van der Waals surface area (Å²) >= 11 is 0. The molecule has 0 aliphatic heterocycles. The standard InChI is InChI=1S/C15H29NO2/c1-4-5-6-13(3)14(17)16-11-15(18)9-7-12(2)8-10-15/h12-13,18H,4-11H2,1-3H3,(H,16,17). The second-order valence-corrected chi connectivity index (χ2v) is 6.17. The van der Waals surface area contributed by atoms with Crippen LogP contribution in [0.15, 0.2) is 0 Å². The van der Waals surface area contributed by atoms with E-state index in [-0.39, 0.29) is 11.8 Å². The lowest BCUT2D eigenvalue weighted by Gasteiger charge is -2.35. The molecular formula is C15H29NO2. The van der Waals surface area contributed by atoms with Crippen LogP contribution in [0.3, 0.4) is 0 Å². The van der Waals surface area contributed by atoms with Gasteiger partial charge in [0.15, 0.2) is 0 Å². The Balaban J connectivity index is 2.29. The molecule has 1 aliphatic carbocycles. The lowest BCUT2D eigenvalue weighted by molar-refractivity contribution is -0.126. The monoisotopic (exact) mass is 255 g/mol. The van der Waals surface area contributed by atoms with Crippen LogP contribution in [-0.2, 0) is 4.79 Å². The lowest BCUT2D eigenvalue weighted by Crippen LogP contribution is -2.46. The van der Waals surface area contributed by atoms with Crippen LogP contribution in [0.1, 0.15) is 65.7 Å². The summed E-state index contributed by atoms with van der Waals surface area (Å²) in [4.78, 5) is 11.9. The molecule has 1 amide bonds. The van der Waals surface area contributed by atoms with Gasteiger partial charge in [0.1, 0.15) is 0 Å². The van der Waals surface area contributed by atoms with Crippen molar-refractivity contribution in [3.63, 3.8) is 0 Å². The molecule has 1 aliphatic rings. The molecule has 1 saturated carbocycles. The van der Waals surface area contributed by atoms with Gasteiger partial charge in [-0.3, -0.25) is 4.79 Å². The van der Waals surface area contributed by atoms with Crippen LogP contribution < -0.4 is 5.32 Å². The minimum atomic E-state index is -0.660. The molecule has 0 heterocycles. The Labute approximate surface area is 111 Å². The zero-order chi connectivity index (χ0) is 13.6. The van der Waals surface area contributed by atoms with E-state index in [1.807, 2.05) is 6.92 Å². The Morgan fingerprint density at radius 3 is 2.61 bits per heavy atom. The van der Waals surface area contributed by atoms with Crippen LogP contribution in [0.2, 0.25) is 0 Å². The van der Waals surface area contributed by atoms with Gasteiger partial charge in [-0.1, -0.05) is 33.6 Å². The highest BCUT2D eigenvalue weighted by Crippen LogP contribution is 2.31. The molecular weight excluding hydrogens is 226 g/mol. The molecule has 1 fully saturated rings. The number of unbranched alkanes of at least 4 members (excludes halogenated alkanes) is 1. The summed E-state index contributed by atoms with van der Waals surface area (Å²) in [6, 6.07) is 0. The van der Waals surface area contributed by atoms with Gasteiger partial charge in [-0.25, -0.2) is 0 Å². The smallest absolute Gasteiger partial charge is 0.222 e. The molecule has 18 heavy (non-hydrogen) atoms. The van der Waals surface area contributed by atoms with Crippen molar-refractivity contribution in [2.75, 3.05) is 6.54 Å². The molecule has 0 bridgehead atoms. The lowest BCUT2D eigenvalue weighted by atomic mass is 9.79. The Morgan fingerprint density at radius 2 is 2.06 bits per heavy atom. The van der Waals surface area contributed by atoms with E-state index in [2.05, 4.69) is 19.2 Å². The molecule has 2 N–H and O–H groups in total. The third kappa shape index (κ3) is 4.97. The summed E-state index contributed by atoms with van der Waals surface area (Å²) < 4.78 is 0. The number of carbonyl (C=O) groups excluding carboxylic acids is 1. The van der Waals surface area contributed by atoms with Gasteiger partial charge in [-0.15, -0.1) is 0 Å². The van der Waals surface area contributed by atoms with E-state index in [1.54, 1.807) is 0 Å². The first-order valence-corrected chi connectivity index (χ1v) is 7.47. The molecule has 0 aromatic rings. The van der Waals surface area contributed by atoms with E-state index in [0.29, 0.717) is 12.5 Å². The van der Waals surface area contributed by atoms with Crippen LogP contribution in [0.5, 0.6) is 0 Å². The van der Waals surface area contributed by atoms with Crippen molar-refractivity contribution in [2.24, 2.45) is 11.8 Å². The van der Waals surface area contributed by atoms with E-state index in [0.717, 1.165) is 44.9 Å². The largest absolute Gasteiger partial charge is 0.388 e. The molecule has 0 aromatic heterocycles. The van der Waals surface area contributed by atoms with Crippen molar-refractivity contribution in [1.29, 1.82) is 0 Å². The molecule has 3 nitrogen and oxygen atoms in total. The summed E-state index contributed by atoms with van der Waals surface area (Å²) in [5.74, 6) is 0.871. The number of carbonyl (C=O) groups is 1. The number of aliphatic hydroxyl groups is 1. The highest BCUT2D eigenvalue weighted by Gasteiger charge is 2.32. The van der Waals surface area contributed by atoms with Crippen molar-refractivity contribution in [3.05, 3.63) is 0 Å². The topological polar surface area (TPSA) is 49.3 Å². The number of rotatable bonds is 6. The van der Waals surface area contributed by atoms with E-state index >= 15 is 0 Å². The zero-order valence-corrected chi connectivity index (χ0v) is 12.2. The van der Waals surface area contributed by atoms with Crippen LogP contribution in [-0.4, -0.2) is 23.2 Å². The van der Waals surface area contributed by atoms with Gasteiger partial charge in [-0.05, 0) is 38.0 Å². The van der Waals surface area contributed by atoms with E-state index in [4.69, 9.17) is 0 Å². The van der Waals surface area contributed by atoms with Gasteiger partial charge in [0, 0.05) is 12.5 Å². The van der Waals surface area contributed by atoms with Gasteiger partial charge in [0.25, 0.3) is 0 Å². The van der Waals surface area contributed by atoms with Gasteiger partial charge in [-0.2, -0.15) is 0 Å². The minimum Gasteiger partial charge on any atom is -0.388 e. The highest BCUT2D eigenvalue weighted by molar-refractivity contribution is 5.78. The van der Waals surface area contributed by atoms with Gasteiger partial charge in [0.05, 0.1) is 5.60 Å². The second-order valence-electron chi connectivity index (χ2n) is 6.17. The van der Waals surface area contributed by atoms with Crippen LogP contribution in [0, 0.1) is 11.8 Å². The maximum atomic E-state index is 11.9. The third-order valence-corrected chi connectivity index (χ3v) is 4.23. The number of nitrogens with one attached hydrogen (secondary N) is 1. The molecule has 0 aromatic carbocycles. The Hall–Kier alpha value is -0.570. The average Bonchev–Trinajstić information content (AvgIpc) is 2.37. The Bertz CT molecular complexity index is 257. The first-order valence-electron chi connectivity index (χ1n) is 7.47. The molecule has 0 spiro atoms. The van der Waals surface area contributed by atoms with Crippen LogP contribution in [0.4, 0.5) is 0 Å². The van der Waals surface area contributed by atoms with E-state index in [9.17, 15) is 9.90 Å². The first-order chi connectivity index (χ1) is 8.47. The van der Waals surface area contributed by atoms with Gasteiger partial charge >= 0.3 is 0 Å². The normalized spacial score (nSPS) is 29.9. The molecule has 1 atom stereocenters. The van der Waals surface area contributed by atoms with Crippen molar-refractivity contribution < 1.29 is 9.90 Å². The van der Waals surface area contributed by atoms with Crippen LogP contribution >= 0.6 is 0 Å². The second kappa shape index (κ2) is 7.13. The summed E-state index contributed by atoms with van der Waals surface area (Å²) in [6.07, 6.45) is 6.93. The zero-order valence-electron chi connectivity index (χ0n) is 12.2. The maximum absolute atomic E-state index is 11.9. The highest BCUT2D eigenvalue weighted by atomic mass is 16.3. The molecule has 3 heteroatoms. The predicted molar refractivity (Wildman–Crippen MR) is 74.3 cm³/mol. The third-order valence-electron chi connectivity index (χ3n) is 4.23. The van der Waals surface area contributed by atoms with Crippen molar-refractivity contribution in [2.45, 2.75) is 71.3 Å². The Kier molecular flexibility index (Phi) is 6.13. The fraction of sp³-hybridized carbons (Fsp3) is 0.933. The summed E-state index contributed by atoms with van der Waals surface area (Å²) in [5, 5.41) is 13.3. The quantitative estimate of drug-likeness (QED) is 0.766. The minimum absolute atomic E-state index is 0.0658. The number of hydrogen-bond donors (Lipinski definition) is 2. The fourth-order valence-electron chi connectivity index (χ4n) is 2.54. The summed E-state index contributed by atoms with van der Waals surface area (Å²) in [6.45, 7) is 6.76. The number of amides is 1. The predicted octanol–water partition coefficient (Wildman–Crippen LogP) is 2.87. The Morgan fingerprint density at radius 1 is 1.44 bits per heavy atom. The van der Waals surface area contributed by atoms with E-state index < -0.39 is 5.60 Å². The first kappa shape index (κ1) is 15.5. The molecule has 106 valence electrons. The van der Waals surface area contributed by atoms with Gasteiger partial charge in [0.2, 0.25) is 5.91 Å². The molecule has 1 rings (SSSR count). The van der Waals surface area contributed by atoms with Crippen molar-refractivity contribution in [1.82, 2.24) is 5.32 Å². The van der Waals surface area contributed by atoms with Crippen LogP contribution in [0.25, 0.3) is 0 Å². The summed E-state index contributed by atoms with van der Waals surface area (Å²) in [7, 11) is 0. The maximum Gasteiger partial charge on any atom is 0.222 e.